The summed E-state index contributed by atoms with van der Waals surface area (Å²) in [5.74, 6) is -0.856. The van der Waals surface area contributed by atoms with E-state index in [1.165, 1.54) is 6.07 Å². The summed E-state index contributed by atoms with van der Waals surface area (Å²) in [7, 11) is 0. The third kappa shape index (κ3) is 1.93. The van der Waals surface area contributed by atoms with Crippen LogP contribution < -0.4 is 5.48 Å². The molecule has 3 rings (SSSR count). The Kier molecular flexibility index (Phi) is 3.03. The summed E-state index contributed by atoms with van der Waals surface area (Å²) in [4.78, 5) is 13.8. The highest BCUT2D eigenvalue weighted by Gasteiger charge is 2.37. The van der Waals surface area contributed by atoms with Crippen molar-refractivity contribution in [3.05, 3.63) is 34.6 Å². The van der Waals surface area contributed by atoms with E-state index in [0.29, 0.717) is 12.6 Å². The normalized spacial score (nSPS) is 25.8. The zero-order valence-electron chi connectivity index (χ0n) is 10.8. The summed E-state index contributed by atoms with van der Waals surface area (Å²) < 4.78 is 14.3. The molecule has 1 fully saturated rings. The second-order valence-corrected chi connectivity index (χ2v) is 5.44. The first-order valence-electron chi connectivity index (χ1n) is 6.62. The highest BCUT2D eigenvalue weighted by Crippen LogP contribution is 2.40. The van der Waals surface area contributed by atoms with E-state index in [1.54, 1.807) is 11.5 Å². The fraction of sp³-hybridized carbons (Fsp3) is 0.500. The summed E-state index contributed by atoms with van der Waals surface area (Å²) in [6, 6.07) is 3.32. The number of halogens is 1. The summed E-state index contributed by atoms with van der Waals surface area (Å²) in [6.07, 6.45) is 2.26. The molecule has 0 bridgehead atoms. The molecule has 2 atom stereocenters. The quantitative estimate of drug-likeness (QED) is 0.603. The monoisotopic (exact) mass is 264 g/mol. The molecule has 1 saturated heterocycles. The number of nitrogens with zero attached hydrogens (tertiary/aromatic N) is 1. The molecule has 0 spiro atoms. The molecule has 19 heavy (non-hydrogen) atoms. The molecule has 0 radical (unpaired) electrons. The van der Waals surface area contributed by atoms with Crippen LogP contribution in [0, 0.1) is 5.82 Å². The number of nitrogens with one attached hydrogen (secondary N) is 1. The smallest absolute Gasteiger partial charge is 0.274 e. The number of rotatable bonds is 1. The number of carbonyl (C=O) groups is 1. The van der Waals surface area contributed by atoms with Crippen LogP contribution in [0.4, 0.5) is 4.39 Å². The van der Waals surface area contributed by atoms with Crippen LogP contribution in [-0.2, 0) is 6.54 Å². The van der Waals surface area contributed by atoms with Gasteiger partial charge in [0.05, 0.1) is 0 Å². The van der Waals surface area contributed by atoms with Crippen LogP contribution in [0.5, 0.6) is 0 Å². The van der Waals surface area contributed by atoms with Crippen molar-refractivity contribution in [2.24, 2.45) is 0 Å². The molecule has 5 heteroatoms. The molecular weight excluding hydrogens is 247 g/mol. The Morgan fingerprint density at radius 2 is 2.32 bits per heavy atom. The number of fused-ring (bicyclic) bond motifs is 2. The van der Waals surface area contributed by atoms with Gasteiger partial charge in [-0.05, 0) is 48.6 Å². The van der Waals surface area contributed by atoms with Gasteiger partial charge in [-0.25, -0.2) is 9.87 Å². The van der Waals surface area contributed by atoms with Crippen molar-refractivity contribution in [3.8, 4) is 0 Å². The Morgan fingerprint density at radius 1 is 1.53 bits per heavy atom. The van der Waals surface area contributed by atoms with Crippen molar-refractivity contribution < 1.29 is 14.4 Å². The summed E-state index contributed by atoms with van der Waals surface area (Å²) in [6.45, 7) is 3.77. The number of hydroxylamine groups is 1. The number of benzene rings is 1. The lowest BCUT2D eigenvalue weighted by Gasteiger charge is -2.37. The Hall–Kier alpha value is -1.46. The molecule has 2 aliphatic rings. The predicted octanol–water partition coefficient (Wildman–Crippen LogP) is 2.03. The molecule has 2 aliphatic heterocycles. The fourth-order valence-electron chi connectivity index (χ4n) is 3.54. The average Bonchev–Trinajstić information content (AvgIpc) is 2.85. The lowest BCUT2D eigenvalue weighted by Crippen LogP contribution is -2.38. The Labute approximate surface area is 111 Å². The van der Waals surface area contributed by atoms with Crippen LogP contribution in [0.15, 0.2) is 12.1 Å². The molecule has 1 amide bonds. The molecule has 0 unspecified atom stereocenters. The molecule has 1 aromatic rings. The van der Waals surface area contributed by atoms with Crippen LogP contribution in [0.1, 0.15) is 47.2 Å². The van der Waals surface area contributed by atoms with E-state index in [1.807, 2.05) is 0 Å². The van der Waals surface area contributed by atoms with Crippen LogP contribution in [-0.4, -0.2) is 28.6 Å². The Balaban J connectivity index is 2.06. The predicted molar refractivity (Wildman–Crippen MR) is 67.5 cm³/mol. The number of amides is 1. The van der Waals surface area contributed by atoms with Gasteiger partial charge in [0.15, 0.2) is 0 Å². The Morgan fingerprint density at radius 3 is 3.05 bits per heavy atom. The van der Waals surface area contributed by atoms with Gasteiger partial charge in [0, 0.05) is 18.2 Å². The van der Waals surface area contributed by atoms with Crippen LogP contribution >= 0.6 is 0 Å². The zero-order chi connectivity index (χ0) is 13.6. The highest BCUT2D eigenvalue weighted by atomic mass is 19.1. The second kappa shape index (κ2) is 4.58. The standard InChI is InChI=1S/C14H17FN2O2/c1-8-12-3-2-4-17(12)7-10-5-9(14(18)16-19)6-11(15)13(8)10/h5-6,8,12,19H,2-4,7H2,1H3,(H,16,18)/t8-,12-/m0/s1. The third-order valence-electron chi connectivity index (χ3n) is 4.40. The Bertz CT molecular complexity index is 532. The minimum Gasteiger partial charge on any atom is -0.296 e. The van der Waals surface area contributed by atoms with E-state index in [9.17, 15) is 9.18 Å². The van der Waals surface area contributed by atoms with Crippen molar-refractivity contribution in [1.82, 2.24) is 10.4 Å². The fourth-order valence-corrected chi connectivity index (χ4v) is 3.54. The van der Waals surface area contributed by atoms with Crippen LogP contribution in [0.2, 0.25) is 0 Å². The minimum atomic E-state index is -0.669. The number of hydrogen-bond donors (Lipinski definition) is 2. The molecule has 0 aliphatic carbocycles. The van der Waals surface area contributed by atoms with Gasteiger partial charge < -0.3 is 0 Å². The molecular formula is C14H17FN2O2. The third-order valence-corrected chi connectivity index (χ3v) is 4.40. The van der Waals surface area contributed by atoms with Crippen molar-refractivity contribution in [2.75, 3.05) is 6.54 Å². The summed E-state index contributed by atoms with van der Waals surface area (Å²) in [5, 5.41) is 8.65. The van der Waals surface area contributed by atoms with Gasteiger partial charge in [-0.2, -0.15) is 0 Å². The van der Waals surface area contributed by atoms with E-state index in [2.05, 4.69) is 11.8 Å². The topological polar surface area (TPSA) is 52.6 Å². The van der Waals surface area contributed by atoms with Gasteiger partial charge in [0.1, 0.15) is 5.82 Å². The lowest BCUT2D eigenvalue weighted by atomic mass is 9.83. The number of hydrogen-bond acceptors (Lipinski definition) is 3. The molecule has 1 aromatic carbocycles. The summed E-state index contributed by atoms with van der Waals surface area (Å²) >= 11 is 0. The first kappa shape index (κ1) is 12.6. The van der Waals surface area contributed by atoms with E-state index < -0.39 is 5.91 Å². The molecule has 4 nitrogen and oxygen atoms in total. The molecule has 0 saturated carbocycles. The maximum atomic E-state index is 14.3. The number of carbonyl (C=O) groups excluding carboxylic acids is 1. The van der Waals surface area contributed by atoms with E-state index in [0.717, 1.165) is 30.5 Å². The first-order chi connectivity index (χ1) is 9.11. The average molecular weight is 264 g/mol. The zero-order valence-corrected chi connectivity index (χ0v) is 10.8. The second-order valence-electron chi connectivity index (χ2n) is 5.44. The maximum absolute atomic E-state index is 14.3. The van der Waals surface area contributed by atoms with Gasteiger partial charge in [0.25, 0.3) is 5.91 Å². The molecule has 2 heterocycles. The maximum Gasteiger partial charge on any atom is 0.274 e. The lowest BCUT2D eigenvalue weighted by molar-refractivity contribution is 0.0705. The van der Waals surface area contributed by atoms with Gasteiger partial charge in [0.2, 0.25) is 0 Å². The molecule has 2 N–H and O–H groups in total. The van der Waals surface area contributed by atoms with E-state index >= 15 is 0 Å². The molecule has 0 aromatic heterocycles. The van der Waals surface area contributed by atoms with Crippen molar-refractivity contribution in [3.63, 3.8) is 0 Å². The van der Waals surface area contributed by atoms with E-state index in [-0.39, 0.29) is 17.3 Å². The van der Waals surface area contributed by atoms with Crippen molar-refractivity contribution in [2.45, 2.75) is 38.3 Å². The SMILES string of the molecule is C[C@@H]1c2c(F)cc(C(=O)NO)cc2CN2CCC[C@@H]12. The van der Waals surface area contributed by atoms with Gasteiger partial charge in [-0.3, -0.25) is 14.9 Å². The van der Waals surface area contributed by atoms with Crippen LogP contribution in [0.3, 0.4) is 0 Å². The van der Waals surface area contributed by atoms with Gasteiger partial charge >= 0.3 is 0 Å². The minimum absolute atomic E-state index is 0.150. The van der Waals surface area contributed by atoms with E-state index in [4.69, 9.17) is 5.21 Å². The van der Waals surface area contributed by atoms with Gasteiger partial charge in [-0.15, -0.1) is 0 Å². The van der Waals surface area contributed by atoms with Crippen LogP contribution in [0.25, 0.3) is 0 Å². The summed E-state index contributed by atoms with van der Waals surface area (Å²) in [5.41, 5.74) is 3.32. The highest BCUT2D eigenvalue weighted by molar-refractivity contribution is 5.93. The molecule has 102 valence electrons. The van der Waals surface area contributed by atoms with Gasteiger partial charge in [-0.1, -0.05) is 6.92 Å². The van der Waals surface area contributed by atoms with Crippen molar-refractivity contribution >= 4 is 5.91 Å². The first-order valence-corrected chi connectivity index (χ1v) is 6.62. The van der Waals surface area contributed by atoms with Crippen molar-refractivity contribution in [1.29, 1.82) is 0 Å². The largest absolute Gasteiger partial charge is 0.296 e.